The second kappa shape index (κ2) is 6.22. The maximum absolute atomic E-state index is 10.4. The van der Waals surface area contributed by atoms with Gasteiger partial charge in [0.25, 0.3) is 0 Å². The van der Waals surface area contributed by atoms with Crippen molar-refractivity contribution in [1.82, 2.24) is 15.0 Å². The predicted octanol–water partition coefficient (Wildman–Crippen LogP) is 0.929. The van der Waals surface area contributed by atoms with Gasteiger partial charge in [-0.1, -0.05) is 12.1 Å². The van der Waals surface area contributed by atoms with E-state index in [2.05, 4.69) is 10.1 Å². The van der Waals surface area contributed by atoms with E-state index < -0.39 is 5.97 Å². The van der Waals surface area contributed by atoms with Crippen LogP contribution in [0.5, 0.6) is 0 Å². The van der Waals surface area contributed by atoms with E-state index in [4.69, 9.17) is 9.63 Å². The highest BCUT2D eigenvalue weighted by molar-refractivity contribution is 5.66. The molecule has 6 nitrogen and oxygen atoms in total. The van der Waals surface area contributed by atoms with E-state index in [1.165, 1.54) is 0 Å². The molecule has 0 radical (unpaired) electrons. The molecule has 0 bridgehead atoms. The predicted molar refractivity (Wildman–Crippen MR) is 56.9 cm³/mol. The van der Waals surface area contributed by atoms with Gasteiger partial charge >= 0.3 is 5.97 Å². The van der Waals surface area contributed by atoms with Crippen molar-refractivity contribution in [2.75, 3.05) is 13.6 Å². The van der Waals surface area contributed by atoms with Crippen LogP contribution in [0.15, 0.2) is 4.52 Å². The lowest BCUT2D eigenvalue weighted by molar-refractivity contribution is -0.137. The fourth-order valence-electron chi connectivity index (χ4n) is 1.28. The minimum atomic E-state index is -0.799. The van der Waals surface area contributed by atoms with Gasteiger partial charge in [0, 0.05) is 13.0 Å². The molecule has 1 aromatic rings. The van der Waals surface area contributed by atoms with Gasteiger partial charge in [-0.25, -0.2) is 0 Å². The first kappa shape index (κ1) is 12.6. The van der Waals surface area contributed by atoms with Crippen LogP contribution >= 0.6 is 0 Å². The fraction of sp³-hybridized carbons (Fsp3) is 0.700. The summed E-state index contributed by atoms with van der Waals surface area (Å²) >= 11 is 0. The average molecular weight is 227 g/mol. The Morgan fingerprint density at radius 2 is 2.31 bits per heavy atom. The molecule has 1 rings (SSSR count). The maximum Gasteiger partial charge on any atom is 0.304 e. The number of aryl methyl sites for hydroxylation is 1. The quantitative estimate of drug-likeness (QED) is 0.746. The van der Waals surface area contributed by atoms with Crippen molar-refractivity contribution in [2.45, 2.75) is 32.7 Å². The number of hydrogen-bond donors (Lipinski definition) is 1. The summed E-state index contributed by atoms with van der Waals surface area (Å²) in [5, 5.41) is 12.4. The van der Waals surface area contributed by atoms with Crippen molar-refractivity contribution < 1.29 is 14.4 Å². The van der Waals surface area contributed by atoms with Crippen LogP contribution in [0.25, 0.3) is 0 Å². The smallest absolute Gasteiger partial charge is 0.304 e. The van der Waals surface area contributed by atoms with Crippen LogP contribution in [0.1, 0.15) is 31.5 Å². The van der Waals surface area contributed by atoms with Crippen molar-refractivity contribution in [2.24, 2.45) is 0 Å². The number of aromatic nitrogens is 2. The zero-order chi connectivity index (χ0) is 12.0. The van der Waals surface area contributed by atoms with E-state index in [1.54, 1.807) is 0 Å². The molecule has 0 fully saturated rings. The molecule has 1 aromatic heterocycles. The van der Waals surface area contributed by atoms with Gasteiger partial charge in [0.1, 0.15) is 0 Å². The van der Waals surface area contributed by atoms with Crippen molar-refractivity contribution in [3.8, 4) is 0 Å². The lowest BCUT2D eigenvalue weighted by Crippen LogP contribution is -2.21. The molecule has 0 unspecified atom stereocenters. The third-order valence-corrected chi connectivity index (χ3v) is 2.09. The number of aliphatic carboxylic acids is 1. The number of carboxylic acids is 1. The molecule has 0 aliphatic heterocycles. The second-order valence-electron chi connectivity index (χ2n) is 3.74. The molecule has 0 saturated carbocycles. The van der Waals surface area contributed by atoms with Gasteiger partial charge in [-0.05, 0) is 13.5 Å². The molecule has 6 heteroatoms. The van der Waals surface area contributed by atoms with E-state index in [1.807, 2.05) is 18.9 Å². The van der Waals surface area contributed by atoms with Gasteiger partial charge in [-0.3, -0.25) is 9.69 Å². The summed E-state index contributed by atoms with van der Waals surface area (Å²) in [6, 6.07) is 0. The molecule has 0 spiro atoms. The van der Waals surface area contributed by atoms with Crippen LogP contribution in [0.4, 0.5) is 0 Å². The van der Waals surface area contributed by atoms with Crippen LogP contribution in [0, 0.1) is 0 Å². The number of rotatable bonds is 7. The van der Waals surface area contributed by atoms with E-state index >= 15 is 0 Å². The van der Waals surface area contributed by atoms with Crippen LogP contribution in [0.3, 0.4) is 0 Å². The molecule has 0 aliphatic carbocycles. The third kappa shape index (κ3) is 4.39. The summed E-state index contributed by atoms with van der Waals surface area (Å²) in [6.45, 7) is 3.04. The van der Waals surface area contributed by atoms with Crippen LogP contribution in [-0.4, -0.2) is 39.7 Å². The maximum atomic E-state index is 10.4. The highest BCUT2D eigenvalue weighted by Gasteiger charge is 2.09. The number of carboxylic acid groups (broad SMARTS) is 1. The summed E-state index contributed by atoms with van der Waals surface area (Å²) in [5.74, 6) is 0.451. The molecule has 0 aliphatic rings. The molecule has 1 heterocycles. The van der Waals surface area contributed by atoms with Gasteiger partial charge in [0.2, 0.25) is 5.89 Å². The Kier molecular flexibility index (Phi) is 4.91. The topological polar surface area (TPSA) is 79.5 Å². The SMILES string of the molecule is CCCc1nc(CN(C)CCC(=O)O)no1. The first-order valence-corrected chi connectivity index (χ1v) is 5.33. The average Bonchev–Trinajstić information content (AvgIpc) is 2.63. The van der Waals surface area contributed by atoms with E-state index in [0.29, 0.717) is 24.8 Å². The number of carbonyl (C=O) groups is 1. The van der Waals surface area contributed by atoms with Crippen molar-refractivity contribution >= 4 is 5.97 Å². The Balaban J connectivity index is 2.37. The van der Waals surface area contributed by atoms with Crippen LogP contribution in [-0.2, 0) is 17.8 Å². The molecule has 0 atom stereocenters. The van der Waals surface area contributed by atoms with Gasteiger partial charge in [-0.2, -0.15) is 4.98 Å². The lowest BCUT2D eigenvalue weighted by Gasteiger charge is -2.11. The standard InChI is InChI=1S/C10H17N3O3/c1-3-4-9-11-8(12-16-9)7-13(2)6-5-10(14)15/h3-7H2,1-2H3,(H,14,15). The van der Waals surface area contributed by atoms with Crippen molar-refractivity contribution in [3.63, 3.8) is 0 Å². The van der Waals surface area contributed by atoms with Crippen LogP contribution < -0.4 is 0 Å². The Labute approximate surface area is 94.3 Å². The van der Waals surface area contributed by atoms with Gasteiger partial charge in [0.15, 0.2) is 5.82 Å². The largest absolute Gasteiger partial charge is 0.481 e. The molecular weight excluding hydrogens is 210 g/mol. The summed E-state index contributed by atoms with van der Waals surface area (Å²) in [4.78, 5) is 16.4. The van der Waals surface area contributed by atoms with E-state index in [9.17, 15) is 4.79 Å². The Morgan fingerprint density at radius 3 is 2.94 bits per heavy atom. The Morgan fingerprint density at radius 1 is 1.56 bits per heavy atom. The first-order valence-electron chi connectivity index (χ1n) is 5.33. The molecule has 1 N–H and O–H groups in total. The monoisotopic (exact) mass is 227 g/mol. The minimum Gasteiger partial charge on any atom is -0.481 e. The summed E-state index contributed by atoms with van der Waals surface area (Å²) in [6.07, 6.45) is 1.87. The third-order valence-electron chi connectivity index (χ3n) is 2.09. The molecule has 16 heavy (non-hydrogen) atoms. The van der Waals surface area contributed by atoms with Gasteiger partial charge in [0.05, 0.1) is 13.0 Å². The molecule has 90 valence electrons. The molecular formula is C10H17N3O3. The lowest BCUT2D eigenvalue weighted by atomic mass is 10.3. The Hall–Kier alpha value is -1.43. The summed E-state index contributed by atoms with van der Waals surface area (Å²) in [7, 11) is 1.83. The summed E-state index contributed by atoms with van der Waals surface area (Å²) < 4.78 is 5.03. The zero-order valence-corrected chi connectivity index (χ0v) is 9.64. The zero-order valence-electron chi connectivity index (χ0n) is 9.64. The molecule has 0 saturated heterocycles. The minimum absolute atomic E-state index is 0.121. The first-order chi connectivity index (χ1) is 7.61. The van der Waals surface area contributed by atoms with Gasteiger partial charge in [-0.15, -0.1) is 0 Å². The van der Waals surface area contributed by atoms with E-state index in [0.717, 1.165) is 12.8 Å². The molecule has 0 aromatic carbocycles. The highest BCUT2D eigenvalue weighted by atomic mass is 16.5. The normalized spacial score (nSPS) is 10.9. The fourth-order valence-corrected chi connectivity index (χ4v) is 1.28. The van der Waals surface area contributed by atoms with Crippen LogP contribution in [0.2, 0.25) is 0 Å². The van der Waals surface area contributed by atoms with Crippen molar-refractivity contribution in [1.29, 1.82) is 0 Å². The number of hydrogen-bond acceptors (Lipinski definition) is 5. The Bertz CT molecular complexity index is 338. The summed E-state index contributed by atoms with van der Waals surface area (Å²) in [5.41, 5.74) is 0. The second-order valence-corrected chi connectivity index (χ2v) is 3.74. The van der Waals surface area contributed by atoms with E-state index in [-0.39, 0.29) is 6.42 Å². The number of nitrogens with zero attached hydrogens (tertiary/aromatic N) is 3. The molecule has 0 amide bonds. The van der Waals surface area contributed by atoms with Crippen molar-refractivity contribution in [3.05, 3.63) is 11.7 Å². The van der Waals surface area contributed by atoms with Gasteiger partial charge < -0.3 is 9.63 Å². The highest BCUT2D eigenvalue weighted by Crippen LogP contribution is 2.03.